The molecule has 1 N–H and O–H groups in total. The second kappa shape index (κ2) is 6.62. The molecule has 0 radical (unpaired) electrons. The molecular formula is C14H15F2NO4. The molecular weight excluding hydrogens is 284 g/mol. The molecule has 1 aliphatic rings. The minimum atomic E-state index is -1.16. The average Bonchev–Trinajstić information content (AvgIpc) is 2.95. The summed E-state index contributed by atoms with van der Waals surface area (Å²) >= 11 is 0. The molecule has 1 aliphatic heterocycles. The first-order valence-corrected chi connectivity index (χ1v) is 6.59. The van der Waals surface area contributed by atoms with Crippen molar-refractivity contribution in [1.82, 2.24) is 0 Å². The van der Waals surface area contributed by atoms with E-state index in [1.54, 1.807) is 0 Å². The zero-order valence-corrected chi connectivity index (χ0v) is 11.2. The van der Waals surface area contributed by atoms with E-state index in [2.05, 4.69) is 0 Å². The average molecular weight is 299 g/mol. The Balaban J connectivity index is 2.30. The zero-order chi connectivity index (χ0) is 15.4. The summed E-state index contributed by atoms with van der Waals surface area (Å²) in [6, 6.07) is 3.23. The molecule has 1 unspecified atom stereocenters. The van der Waals surface area contributed by atoms with Gasteiger partial charge in [-0.1, -0.05) is 6.07 Å². The topological polar surface area (TPSA) is 66.8 Å². The van der Waals surface area contributed by atoms with Crippen LogP contribution in [0.15, 0.2) is 18.2 Å². The molecule has 1 amide bonds. The lowest BCUT2D eigenvalue weighted by Crippen LogP contribution is -2.41. The summed E-state index contributed by atoms with van der Waals surface area (Å²) < 4.78 is 32.9. The largest absolute Gasteiger partial charge is 0.481 e. The predicted octanol–water partition coefficient (Wildman–Crippen LogP) is 1.95. The van der Waals surface area contributed by atoms with E-state index in [9.17, 15) is 18.4 Å². The van der Waals surface area contributed by atoms with Crippen LogP contribution in [0.1, 0.15) is 19.3 Å². The number of aliphatic carboxylic acids is 1. The Morgan fingerprint density at radius 2 is 2.00 bits per heavy atom. The van der Waals surface area contributed by atoms with Crippen molar-refractivity contribution in [1.29, 1.82) is 0 Å². The summed E-state index contributed by atoms with van der Waals surface area (Å²) in [5, 5.41) is 8.74. The van der Waals surface area contributed by atoms with Gasteiger partial charge in [0.25, 0.3) is 5.91 Å². The predicted molar refractivity (Wildman–Crippen MR) is 69.9 cm³/mol. The number of anilines is 1. The van der Waals surface area contributed by atoms with Crippen molar-refractivity contribution in [3.05, 3.63) is 29.8 Å². The van der Waals surface area contributed by atoms with Crippen LogP contribution in [0.25, 0.3) is 0 Å². The number of carboxylic acid groups (broad SMARTS) is 1. The highest BCUT2D eigenvalue weighted by atomic mass is 19.1. The number of halogens is 2. The Hall–Kier alpha value is -2.02. The van der Waals surface area contributed by atoms with Crippen LogP contribution in [0, 0.1) is 11.6 Å². The summed E-state index contributed by atoms with van der Waals surface area (Å²) in [5.41, 5.74) is -0.528. The monoisotopic (exact) mass is 299 g/mol. The van der Waals surface area contributed by atoms with Gasteiger partial charge >= 0.3 is 5.97 Å². The second-order valence-corrected chi connectivity index (χ2v) is 4.71. The Labute approximate surface area is 120 Å². The van der Waals surface area contributed by atoms with Gasteiger partial charge in [0.05, 0.1) is 6.42 Å². The Morgan fingerprint density at radius 1 is 1.33 bits per heavy atom. The highest BCUT2D eigenvalue weighted by Crippen LogP contribution is 2.26. The molecule has 0 spiro atoms. The van der Waals surface area contributed by atoms with Gasteiger partial charge < -0.3 is 14.7 Å². The first kappa shape index (κ1) is 15.4. The maximum Gasteiger partial charge on any atom is 0.305 e. The van der Waals surface area contributed by atoms with Gasteiger partial charge in [-0.25, -0.2) is 8.78 Å². The lowest BCUT2D eigenvalue weighted by atomic mass is 10.1. The van der Waals surface area contributed by atoms with Gasteiger partial charge in [-0.2, -0.15) is 0 Å². The fraction of sp³-hybridized carbons (Fsp3) is 0.429. The molecule has 0 aliphatic carbocycles. The van der Waals surface area contributed by atoms with Crippen LogP contribution in [0.4, 0.5) is 14.5 Å². The maximum absolute atomic E-state index is 13.9. The fourth-order valence-corrected chi connectivity index (χ4v) is 2.23. The van der Waals surface area contributed by atoms with Crippen molar-refractivity contribution >= 4 is 17.6 Å². The van der Waals surface area contributed by atoms with Crippen molar-refractivity contribution in [2.24, 2.45) is 0 Å². The molecule has 5 nitrogen and oxygen atoms in total. The van der Waals surface area contributed by atoms with E-state index in [0.29, 0.717) is 19.4 Å². The number of hydrogen-bond donors (Lipinski definition) is 1. The van der Waals surface area contributed by atoms with E-state index < -0.39 is 41.7 Å². The number of benzene rings is 1. The van der Waals surface area contributed by atoms with Crippen LogP contribution >= 0.6 is 0 Å². The van der Waals surface area contributed by atoms with Gasteiger partial charge in [-0.15, -0.1) is 0 Å². The number of hydrogen-bond acceptors (Lipinski definition) is 3. The van der Waals surface area contributed by atoms with E-state index in [1.807, 2.05) is 0 Å². The lowest BCUT2D eigenvalue weighted by Gasteiger charge is -2.25. The van der Waals surface area contributed by atoms with E-state index in [0.717, 1.165) is 17.0 Å². The van der Waals surface area contributed by atoms with Gasteiger partial charge in [-0.3, -0.25) is 9.59 Å². The highest BCUT2D eigenvalue weighted by molar-refractivity contribution is 5.97. The van der Waals surface area contributed by atoms with E-state index in [-0.39, 0.29) is 6.54 Å². The first-order chi connectivity index (χ1) is 10.0. The number of carboxylic acids is 1. The van der Waals surface area contributed by atoms with Gasteiger partial charge in [0.1, 0.15) is 23.4 Å². The van der Waals surface area contributed by atoms with Crippen molar-refractivity contribution in [3.8, 4) is 0 Å². The third-order valence-electron chi connectivity index (χ3n) is 3.23. The summed E-state index contributed by atoms with van der Waals surface area (Å²) in [7, 11) is 0. The number of carbonyl (C=O) groups is 2. The number of nitrogens with zero attached hydrogens (tertiary/aromatic N) is 1. The maximum atomic E-state index is 13.9. The van der Waals surface area contributed by atoms with Crippen molar-refractivity contribution in [3.63, 3.8) is 0 Å². The molecule has 0 bridgehead atoms. The number of ether oxygens (including phenoxy) is 1. The number of carbonyl (C=O) groups excluding carboxylic acids is 1. The minimum absolute atomic E-state index is 0.314. The van der Waals surface area contributed by atoms with Gasteiger partial charge in [0.2, 0.25) is 0 Å². The molecule has 7 heteroatoms. The summed E-state index contributed by atoms with van der Waals surface area (Å²) in [5.74, 6) is -3.59. The van der Waals surface area contributed by atoms with Crippen LogP contribution in [0.2, 0.25) is 0 Å². The molecule has 1 heterocycles. The minimum Gasteiger partial charge on any atom is -0.481 e. The standard InChI is InChI=1S/C14H15F2NO4/c15-9-3-1-4-10(16)13(9)17(7-6-12(18)19)14(20)11-5-2-8-21-11/h1,3-4,11H,2,5-8H2,(H,18,19). The van der Waals surface area contributed by atoms with Crippen molar-refractivity contribution < 1.29 is 28.2 Å². The number of rotatable bonds is 5. The molecule has 0 aromatic heterocycles. The van der Waals surface area contributed by atoms with Crippen LogP contribution < -0.4 is 4.90 Å². The summed E-state index contributed by atoms with van der Waals surface area (Å²) in [4.78, 5) is 23.9. The molecule has 114 valence electrons. The quantitative estimate of drug-likeness (QED) is 0.902. The molecule has 1 aromatic carbocycles. The van der Waals surface area contributed by atoms with Crippen LogP contribution in [0.5, 0.6) is 0 Å². The molecule has 1 saturated heterocycles. The smallest absolute Gasteiger partial charge is 0.305 e. The third-order valence-corrected chi connectivity index (χ3v) is 3.23. The lowest BCUT2D eigenvalue weighted by molar-refractivity contribution is -0.136. The number of para-hydroxylation sites is 1. The van der Waals surface area contributed by atoms with Gasteiger partial charge in [0, 0.05) is 13.2 Å². The Bertz CT molecular complexity index is 524. The molecule has 1 fully saturated rings. The first-order valence-electron chi connectivity index (χ1n) is 6.59. The molecule has 2 rings (SSSR count). The van der Waals surface area contributed by atoms with Crippen LogP contribution in [-0.2, 0) is 14.3 Å². The fourth-order valence-electron chi connectivity index (χ4n) is 2.23. The Kier molecular flexibility index (Phi) is 4.85. The summed E-state index contributed by atoms with van der Waals surface area (Å²) in [6.45, 7) is 0.0921. The summed E-state index contributed by atoms with van der Waals surface area (Å²) in [6.07, 6.45) is -0.0500. The van der Waals surface area contributed by atoms with Gasteiger partial charge in [-0.05, 0) is 25.0 Å². The van der Waals surface area contributed by atoms with E-state index in [4.69, 9.17) is 9.84 Å². The molecule has 21 heavy (non-hydrogen) atoms. The molecule has 0 saturated carbocycles. The van der Waals surface area contributed by atoms with E-state index in [1.165, 1.54) is 6.07 Å². The third kappa shape index (κ3) is 3.55. The van der Waals surface area contributed by atoms with Gasteiger partial charge in [0.15, 0.2) is 0 Å². The SMILES string of the molecule is O=C(O)CCN(C(=O)C1CCCO1)c1c(F)cccc1F. The normalized spacial score (nSPS) is 17.7. The van der Waals surface area contributed by atoms with Crippen LogP contribution in [-0.4, -0.2) is 36.2 Å². The highest BCUT2D eigenvalue weighted by Gasteiger charge is 2.32. The molecule has 1 atom stereocenters. The second-order valence-electron chi connectivity index (χ2n) is 4.71. The number of amides is 1. The van der Waals surface area contributed by atoms with Crippen molar-refractivity contribution in [2.45, 2.75) is 25.4 Å². The van der Waals surface area contributed by atoms with E-state index >= 15 is 0 Å². The van der Waals surface area contributed by atoms with Crippen molar-refractivity contribution in [2.75, 3.05) is 18.1 Å². The van der Waals surface area contributed by atoms with Crippen LogP contribution in [0.3, 0.4) is 0 Å². The zero-order valence-electron chi connectivity index (χ0n) is 11.2. The Morgan fingerprint density at radius 3 is 2.52 bits per heavy atom. The molecule has 1 aromatic rings.